The van der Waals surface area contributed by atoms with Gasteiger partial charge in [-0.05, 0) is 48.5 Å². The first-order valence-electron chi connectivity index (χ1n) is 10.9. The number of hydrogen-bond donors (Lipinski definition) is 3. The van der Waals surface area contributed by atoms with Gasteiger partial charge < -0.3 is 10.1 Å². The first-order valence-corrected chi connectivity index (χ1v) is 12.4. The number of nitrogens with zero attached hydrogens (tertiary/aromatic N) is 2. The summed E-state index contributed by atoms with van der Waals surface area (Å²) in [5.41, 5.74) is 1.83. The van der Waals surface area contributed by atoms with Crippen molar-refractivity contribution in [2.75, 3.05) is 17.1 Å². The van der Waals surface area contributed by atoms with Crippen LogP contribution in [0.15, 0.2) is 77.7 Å². The molecule has 0 saturated carbocycles. The normalized spacial score (nSPS) is 11.3. The zero-order chi connectivity index (χ0) is 25.0. The van der Waals surface area contributed by atoms with Gasteiger partial charge in [0.25, 0.3) is 15.9 Å². The molecule has 1 heterocycles. The third-order valence-corrected chi connectivity index (χ3v) is 6.63. The second-order valence-corrected chi connectivity index (χ2v) is 9.71. The molecule has 0 aliphatic rings. The monoisotopic (exact) mass is 491 g/mol. The average Bonchev–Trinajstić information content (AvgIpc) is 3.35. The predicted molar refractivity (Wildman–Crippen MR) is 134 cm³/mol. The van der Waals surface area contributed by atoms with Crippen LogP contribution in [-0.2, 0) is 10.0 Å². The number of carbonyl (C=O) groups is 1. The van der Waals surface area contributed by atoms with Crippen molar-refractivity contribution in [3.63, 3.8) is 0 Å². The number of rotatable bonds is 8. The number of aromatic nitrogens is 3. The van der Waals surface area contributed by atoms with Gasteiger partial charge in [-0.1, -0.05) is 38.1 Å². The number of sulfonamides is 1. The van der Waals surface area contributed by atoms with E-state index >= 15 is 0 Å². The van der Waals surface area contributed by atoms with Crippen LogP contribution in [0.1, 0.15) is 35.9 Å². The van der Waals surface area contributed by atoms with Crippen LogP contribution in [0.2, 0.25) is 0 Å². The van der Waals surface area contributed by atoms with E-state index in [-0.39, 0.29) is 10.8 Å². The van der Waals surface area contributed by atoms with Crippen LogP contribution in [-0.4, -0.2) is 36.6 Å². The number of para-hydroxylation sites is 3. The highest BCUT2D eigenvalue weighted by atomic mass is 32.2. The Balaban J connectivity index is 1.52. The van der Waals surface area contributed by atoms with Gasteiger partial charge in [0.1, 0.15) is 11.6 Å². The molecule has 0 aliphatic carbocycles. The molecule has 4 aromatic rings. The fraction of sp³-hybridized carbons (Fsp3) is 0.160. The number of ether oxygens (including phenoxy) is 1. The first kappa shape index (κ1) is 24.0. The van der Waals surface area contributed by atoms with Crippen LogP contribution in [0.5, 0.6) is 5.75 Å². The van der Waals surface area contributed by atoms with Gasteiger partial charge in [-0.3, -0.25) is 14.6 Å². The number of benzene rings is 3. The molecule has 10 heteroatoms. The van der Waals surface area contributed by atoms with Gasteiger partial charge in [0.15, 0.2) is 5.82 Å². The van der Waals surface area contributed by atoms with Crippen molar-refractivity contribution in [2.45, 2.75) is 24.7 Å². The van der Waals surface area contributed by atoms with Gasteiger partial charge in [-0.25, -0.2) is 13.4 Å². The molecule has 0 spiro atoms. The Hall–Kier alpha value is -4.18. The van der Waals surface area contributed by atoms with Gasteiger partial charge in [-0.2, -0.15) is 5.10 Å². The Bertz CT molecular complexity index is 1450. The van der Waals surface area contributed by atoms with Crippen LogP contribution in [0.25, 0.3) is 11.4 Å². The number of amides is 1. The maximum absolute atomic E-state index is 12.9. The number of aromatic amines is 1. The maximum Gasteiger partial charge on any atom is 0.262 e. The SMILES string of the molecule is COc1ccccc1NS(=O)(=O)c1ccc(C(=O)Nc2ccccc2-c2n[nH]c(C(C)C)n2)cc1. The third-order valence-electron chi connectivity index (χ3n) is 5.24. The second-order valence-electron chi connectivity index (χ2n) is 8.03. The topological polar surface area (TPSA) is 126 Å². The van der Waals surface area contributed by atoms with E-state index in [2.05, 4.69) is 25.2 Å². The number of anilines is 2. The average molecular weight is 492 g/mol. The summed E-state index contributed by atoms with van der Waals surface area (Å²) in [6.07, 6.45) is 0. The van der Waals surface area contributed by atoms with Crippen molar-refractivity contribution in [2.24, 2.45) is 0 Å². The van der Waals surface area contributed by atoms with Gasteiger partial charge in [0.05, 0.1) is 23.4 Å². The lowest BCUT2D eigenvalue weighted by atomic mass is 10.1. The fourth-order valence-electron chi connectivity index (χ4n) is 3.35. The van der Waals surface area contributed by atoms with Crippen molar-refractivity contribution in [3.05, 3.63) is 84.2 Å². The summed E-state index contributed by atoms with van der Waals surface area (Å²) in [5.74, 6) is 1.43. The van der Waals surface area contributed by atoms with Crippen molar-refractivity contribution in [3.8, 4) is 17.1 Å². The van der Waals surface area contributed by atoms with Crippen LogP contribution in [0, 0.1) is 0 Å². The molecule has 0 saturated heterocycles. The summed E-state index contributed by atoms with van der Waals surface area (Å²) in [7, 11) is -2.41. The van der Waals surface area contributed by atoms with E-state index in [0.29, 0.717) is 34.1 Å². The van der Waals surface area contributed by atoms with E-state index in [4.69, 9.17) is 4.74 Å². The molecule has 3 aromatic carbocycles. The lowest BCUT2D eigenvalue weighted by Gasteiger charge is -2.12. The molecule has 1 aromatic heterocycles. The minimum atomic E-state index is -3.88. The molecule has 0 radical (unpaired) electrons. The standard InChI is InChI=1S/C25H25N5O4S/c1-16(2)23-27-24(29-28-23)19-8-4-5-9-20(19)26-25(31)17-12-14-18(15-13-17)35(32,33)30-21-10-6-7-11-22(21)34-3/h4-16,30H,1-3H3,(H,26,31)(H,27,28,29). The molecule has 9 nitrogen and oxygen atoms in total. The molecule has 0 unspecified atom stereocenters. The molecular weight excluding hydrogens is 466 g/mol. The minimum absolute atomic E-state index is 0.0160. The Morgan fingerprint density at radius 1 is 0.943 bits per heavy atom. The highest BCUT2D eigenvalue weighted by Gasteiger charge is 2.18. The van der Waals surface area contributed by atoms with Gasteiger partial charge in [0, 0.05) is 17.0 Å². The second kappa shape index (κ2) is 9.98. The molecule has 0 fully saturated rings. The van der Waals surface area contributed by atoms with Crippen molar-refractivity contribution in [1.82, 2.24) is 15.2 Å². The first-order chi connectivity index (χ1) is 16.8. The van der Waals surface area contributed by atoms with E-state index < -0.39 is 15.9 Å². The van der Waals surface area contributed by atoms with Crippen LogP contribution in [0.3, 0.4) is 0 Å². The lowest BCUT2D eigenvalue weighted by molar-refractivity contribution is 0.102. The molecule has 0 aliphatic heterocycles. The van der Waals surface area contributed by atoms with E-state index in [9.17, 15) is 13.2 Å². The smallest absolute Gasteiger partial charge is 0.262 e. The Labute approximate surface area is 203 Å². The third kappa shape index (κ3) is 5.33. The molecule has 0 atom stereocenters. The van der Waals surface area contributed by atoms with E-state index in [0.717, 1.165) is 5.82 Å². The highest BCUT2D eigenvalue weighted by molar-refractivity contribution is 7.92. The summed E-state index contributed by atoms with van der Waals surface area (Å²) in [6, 6.07) is 19.6. The summed E-state index contributed by atoms with van der Waals surface area (Å²) >= 11 is 0. The summed E-state index contributed by atoms with van der Waals surface area (Å²) < 4.78 is 33.3. The number of H-pyrrole nitrogens is 1. The van der Waals surface area contributed by atoms with Crippen molar-refractivity contribution < 1.29 is 17.9 Å². The molecule has 35 heavy (non-hydrogen) atoms. The van der Waals surface area contributed by atoms with E-state index in [1.165, 1.54) is 31.4 Å². The Morgan fingerprint density at radius 3 is 2.26 bits per heavy atom. The van der Waals surface area contributed by atoms with Gasteiger partial charge in [-0.15, -0.1) is 0 Å². The van der Waals surface area contributed by atoms with E-state index in [1.807, 2.05) is 26.0 Å². The number of methoxy groups -OCH3 is 1. The van der Waals surface area contributed by atoms with Gasteiger partial charge >= 0.3 is 0 Å². The predicted octanol–water partition coefficient (Wildman–Crippen LogP) is 4.66. The highest BCUT2D eigenvalue weighted by Crippen LogP contribution is 2.28. The number of hydrogen-bond acceptors (Lipinski definition) is 6. The van der Waals surface area contributed by atoms with E-state index in [1.54, 1.807) is 36.4 Å². The molecular formula is C25H25N5O4S. The largest absolute Gasteiger partial charge is 0.495 e. The molecule has 180 valence electrons. The lowest BCUT2D eigenvalue weighted by Crippen LogP contribution is -2.15. The quantitative estimate of drug-likeness (QED) is 0.329. The molecule has 0 bridgehead atoms. The van der Waals surface area contributed by atoms with Gasteiger partial charge in [0.2, 0.25) is 0 Å². The Morgan fingerprint density at radius 2 is 1.60 bits per heavy atom. The van der Waals surface area contributed by atoms with Crippen LogP contribution < -0.4 is 14.8 Å². The summed E-state index contributed by atoms with van der Waals surface area (Å²) in [4.78, 5) is 17.4. The zero-order valence-electron chi connectivity index (χ0n) is 19.4. The van der Waals surface area contributed by atoms with Crippen LogP contribution >= 0.6 is 0 Å². The van der Waals surface area contributed by atoms with Crippen LogP contribution in [0.4, 0.5) is 11.4 Å². The molecule has 4 rings (SSSR count). The Kier molecular flexibility index (Phi) is 6.83. The number of nitrogens with one attached hydrogen (secondary N) is 3. The minimum Gasteiger partial charge on any atom is -0.495 e. The fourth-order valence-corrected chi connectivity index (χ4v) is 4.42. The summed E-state index contributed by atoms with van der Waals surface area (Å²) in [6.45, 7) is 4.02. The number of carbonyl (C=O) groups excluding carboxylic acids is 1. The summed E-state index contributed by atoms with van der Waals surface area (Å²) in [5, 5.41) is 10.0. The van der Waals surface area contributed by atoms with Crippen molar-refractivity contribution >= 4 is 27.3 Å². The zero-order valence-corrected chi connectivity index (χ0v) is 20.3. The maximum atomic E-state index is 12.9. The van der Waals surface area contributed by atoms with Crippen molar-refractivity contribution in [1.29, 1.82) is 0 Å². The molecule has 3 N–H and O–H groups in total. The molecule has 1 amide bonds.